The van der Waals surface area contributed by atoms with Gasteiger partial charge >= 0.3 is 5.97 Å². The highest BCUT2D eigenvalue weighted by atomic mass is 16.4. The fraction of sp³-hybridized carbons (Fsp3) is 0.0714. The van der Waals surface area contributed by atoms with E-state index in [9.17, 15) is 9.59 Å². The second-order valence-corrected chi connectivity index (χ2v) is 4.13. The predicted molar refractivity (Wildman–Crippen MR) is 70.4 cm³/mol. The van der Waals surface area contributed by atoms with E-state index in [0.29, 0.717) is 18.2 Å². The summed E-state index contributed by atoms with van der Waals surface area (Å²) in [5.74, 6) is -3.06. The molecule has 0 atom stereocenters. The van der Waals surface area contributed by atoms with E-state index in [1.165, 1.54) is 0 Å². The van der Waals surface area contributed by atoms with E-state index in [0.717, 1.165) is 5.56 Å². The molecule has 6 heteroatoms. The van der Waals surface area contributed by atoms with Gasteiger partial charge in [0.2, 0.25) is 5.76 Å². The average Bonchev–Trinajstić information content (AvgIpc) is 2.88. The van der Waals surface area contributed by atoms with Crippen LogP contribution >= 0.6 is 0 Å². The van der Waals surface area contributed by atoms with Gasteiger partial charge in [-0.25, -0.2) is 4.79 Å². The molecule has 20 heavy (non-hydrogen) atoms. The number of ketones is 1. The third-order valence-corrected chi connectivity index (χ3v) is 2.64. The summed E-state index contributed by atoms with van der Waals surface area (Å²) in [4.78, 5) is 26.0. The second-order valence-electron chi connectivity index (χ2n) is 4.13. The first-order valence-corrected chi connectivity index (χ1v) is 5.79. The standard InChI is InChI=1S/C14H12N2O4/c17-12(7-13(18)14(19)20)11-3-6-16(9-11)8-10-1-4-15-5-2-10/h1-7,9,18H,8H2,(H,19,20). The summed E-state index contributed by atoms with van der Waals surface area (Å²) in [6, 6.07) is 5.28. The summed E-state index contributed by atoms with van der Waals surface area (Å²) in [5, 5.41) is 17.5. The number of carboxylic acid groups (broad SMARTS) is 1. The molecule has 2 N–H and O–H groups in total. The second kappa shape index (κ2) is 5.83. The molecule has 0 bridgehead atoms. The summed E-state index contributed by atoms with van der Waals surface area (Å²) in [6.45, 7) is 0.574. The largest absolute Gasteiger partial charge is 0.502 e. The van der Waals surface area contributed by atoms with Crippen LogP contribution in [0.25, 0.3) is 0 Å². The highest BCUT2D eigenvalue weighted by Gasteiger charge is 2.10. The molecule has 2 aromatic heterocycles. The molecule has 0 amide bonds. The molecule has 6 nitrogen and oxygen atoms in total. The van der Waals surface area contributed by atoms with Gasteiger partial charge in [0.1, 0.15) is 0 Å². The van der Waals surface area contributed by atoms with Crippen molar-refractivity contribution in [2.24, 2.45) is 0 Å². The Hall–Kier alpha value is -2.89. The Bertz CT molecular complexity index is 659. The Morgan fingerprint density at radius 3 is 2.55 bits per heavy atom. The highest BCUT2D eigenvalue weighted by Crippen LogP contribution is 2.08. The number of carbonyl (C=O) groups excluding carboxylic acids is 1. The van der Waals surface area contributed by atoms with Crippen molar-refractivity contribution < 1.29 is 19.8 Å². The molecular weight excluding hydrogens is 260 g/mol. The Balaban J connectivity index is 2.11. The molecule has 102 valence electrons. The van der Waals surface area contributed by atoms with Gasteiger partial charge in [-0.15, -0.1) is 0 Å². The fourth-order valence-corrected chi connectivity index (χ4v) is 1.65. The number of carboxylic acids is 1. The first-order chi connectivity index (χ1) is 9.56. The summed E-state index contributed by atoms with van der Waals surface area (Å²) in [7, 11) is 0. The SMILES string of the molecule is O=C(O)C(O)=CC(=O)c1ccn(Cc2ccncc2)c1. The number of hydrogen-bond acceptors (Lipinski definition) is 4. The van der Waals surface area contributed by atoms with Gasteiger partial charge in [-0.2, -0.15) is 0 Å². The van der Waals surface area contributed by atoms with Crippen molar-refractivity contribution in [1.29, 1.82) is 0 Å². The number of aliphatic hydroxyl groups excluding tert-OH is 1. The Morgan fingerprint density at radius 1 is 1.20 bits per heavy atom. The van der Waals surface area contributed by atoms with E-state index < -0.39 is 17.5 Å². The average molecular weight is 272 g/mol. The minimum atomic E-state index is -1.53. The molecule has 0 spiro atoms. The van der Waals surface area contributed by atoms with Gasteiger partial charge in [0, 0.05) is 43.0 Å². The van der Waals surface area contributed by atoms with Crippen molar-refractivity contribution in [1.82, 2.24) is 9.55 Å². The molecular formula is C14H12N2O4. The minimum absolute atomic E-state index is 0.312. The lowest BCUT2D eigenvalue weighted by molar-refractivity contribution is -0.135. The van der Waals surface area contributed by atoms with Gasteiger partial charge in [-0.05, 0) is 23.8 Å². The molecule has 0 saturated carbocycles. The van der Waals surface area contributed by atoms with Gasteiger partial charge in [0.05, 0.1) is 0 Å². The van der Waals surface area contributed by atoms with Crippen LogP contribution in [0, 0.1) is 0 Å². The van der Waals surface area contributed by atoms with Gasteiger partial charge in [0.15, 0.2) is 5.78 Å². The van der Waals surface area contributed by atoms with Crippen LogP contribution in [0.2, 0.25) is 0 Å². The van der Waals surface area contributed by atoms with Crippen molar-refractivity contribution in [2.75, 3.05) is 0 Å². The van der Waals surface area contributed by atoms with Gasteiger partial charge < -0.3 is 14.8 Å². The van der Waals surface area contributed by atoms with E-state index in [4.69, 9.17) is 10.2 Å². The lowest BCUT2D eigenvalue weighted by Crippen LogP contribution is -2.03. The Morgan fingerprint density at radius 2 is 1.90 bits per heavy atom. The third-order valence-electron chi connectivity index (χ3n) is 2.64. The molecule has 0 radical (unpaired) electrons. The maximum atomic E-state index is 11.7. The van der Waals surface area contributed by atoms with Crippen LogP contribution in [-0.4, -0.2) is 31.5 Å². The molecule has 2 heterocycles. The molecule has 0 aliphatic carbocycles. The smallest absolute Gasteiger partial charge is 0.371 e. The number of nitrogens with zero attached hydrogens (tertiary/aromatic N) is 2. The predicted octanol–water partition coefficient (Wildman–Crippen LogP) is 1.64. The molecule has 0 aliphatic rings. The zero-order chi connectivity index (χ0) is 14.5. The van der Waals surface area contributed by atoms with Crippen LogP contribution in [-0.2, 0) is 11.3 Å². The number of rotatable bonds is 5. The van der Waals surface area contributed by atoms with Crippen molar-refractivity contribution in [3.63, 3.8) is 0 Å². The van der Waals surface area contributed by atoms with E-state index in [1.807, 2.05) is 12.1 Å². The Labute approximate surface area is 114 Å². The molecule has 0 aromatic carbocycles. The number of hydrogen-bond donors (Lipinski definition) is 2. The van der Waals surface area contributed by atoms with E-state index in [2.05, 4.69) is 4.98 Å². The summed E-state index contributed by atoms with van der Waals surface area (Å²) >= 11 is 0. The topological polar surface area (TPSA) is 92.4 Å². The van der Waals surface area contributed by atoms with Crippen molar-refractivity contribution in [2.45, 2.75) is 6.54 Å². The Kier molecular flexibility index (Phi) is 3.95. The molecule has 2 rings (SSSR count). The van der Waals surface area contributed by atoms with Crippen LogP contribution < -0.4 is 0 Å². The van der Waals surface area contributed by atoms with Crippen molar-refractivity contribution in [3.05, 3.63) is 65.9 Å². The van der Waals surface area contributed by atoms with Crippen LogP contribution in [0.15, 0.2) is 54.8 Å². The van der Waals surface area contributed by atoms with Gasteiger partial charge in [-0.3, -0.25) is 9.78 Å². The van der Waals surface area contributed by atoms with Crippen molar-refractivity contribution >= 4 is 11.8 Å². The first-order valence-electron chi connectivity index (χ1n) is 5.79. The molecule has 0 unspecified atom stereocenters. The maximum Gasteiger partial charge on any atom is 0.371 e. The zero-order valence-corrected chi connectivity index (χ0v) is 10.4. The van der Waals surface area contributed by atoms with E-state index in [1.54, 1.807) is 35.4 Å². The zero-order valence-electron chi connectivity index (χ0n) is 10.4. The maximum absolute atomic E-state index is 11.7. The normalized spacial score (nSPS) is 11.3. The van der Waals surface area contributed by atoms with E-state index >= 15 is 0 Å². The highest BCUT2D eigenvalue weighted by molar-refractivity contribution is 6.07. The third kappa shape index (κ3) is 3.32. The summed E-state index contributed by atoms with van der Waals surface area (Å²) in [5.41, 5.74) is 1.34. The van der Waals surface area contributed by atoms with E-state index in [-0.39, 0.29) is 0 Å². The number of carbonyl (C=O) groups is 2. The van der Waals surface area contributed by atoms with Crippen LogP contribution in [0.5, 0.6) is 0 Å². The minimum Gasteiger partial charge on any atom is -0.502 e. The quantitative estimate of drug-likeness (QED) is 0.490. The van der Waals surface area contributed by atoms with Crippen LogP contribution in [0.3, 0.4) is 0 Å². The van der Waals surface area contributed by atoms with Gasteiger partial charge in [0.25, 0.3) is 0 Å². The molecule has 0 fully saturated rings. The van der Waals surface area contributed by atoms with Gasteiger partial charge in [-0.1, -0.05) is 0 Å². The lowest BCUT2D eigenvalue weighted by Gasteiger charge is -2.01. The summed E-state index contributed by atoms with van der Waals surface area (Å²) < 4.78 is 1.79. The number of pyridine rings is 1. The number of allylic oxidation sites excluding steroid dienone is 1. The van der Waals surface area contributed by atoms with Crippen LogP contribution in [0.1, 0.15) is 15.9 Å². The number of aliphatic hydroxyl groups is 1. The first kappa shape index (κ1) is 13.5. The molecule has 0 aliphatic heterocycles. The van der Waals surface area contributed by atoms with Crippen molar-refractivity contribution in [3.8, 4) is 0 Å². The molecule has 0 saturated heterocycles. The lowest BCUT2D eigenvalue weighted by atomic mass is 10.2. The fourth-order valence-electron chi connectivity index (χ4n) is 1.65. The monoisotopic (exact) mass is 272 g/mol. The van der Waals surface area contributed by atoms with Crippen LogP contribution in [0.4, 0.5) is 0 Å². The molecule has 2 aromatic rings. The summed E-state index contributed by atoms with van der Waals surface area (Å²) in [6.07, 6.45) is 7.35. The number of aliphatic carboxylic acids is 1. The number of aromatic nitrogens is 2.